The third-order valence-corrected chi connectivity index (χ3v) is 3.40. The predicted molar refractivity (Wildman–Crippen MR) is 68.4 cm³/mol. The summed E-state index contributed by atoms with van der Waals surface area (Å²) in [5, 5.41) is 10.6. The zero-order chi connectivity index (χ0) is 12.6. The lowest BCUT2D eigenvalue weighted by Crippen LogP contribution is -2.13. The largest absolute Gasteiger partial charge is 0.481 e. The molecule has 90 valence electrons. The summed E-state index contributed by atoms with van der Waals surface area (Å²) >= 11 is 6.11. The summed E-state index contributed by atoms with van der Waals surface area (Å²) in [5.74, 6) is -1.17. The average molecular weight is 252 g/mol. The molecule has 0 fully saturated rings. The second-order valence-corrected chi connectivity index (χ2v) is 4.72. The van der Waals surface area contributed by atoms with Gasteiger partial charge in [0.2, 0.25) is 0 Å². The predicted octanol–water partition coefficient (Wildman–Crippen LogP) is 3.09. The lowest BCUT2D eigenvalue weighted by molar-refractivity contribution is -0.141. The van der Waals surface area contributed by atoms with Crippen molar-refractivity contribution in [3.63, 3.8) is 0 Å². The molecule has 0 aliphatic heterocycles. The van der Waals surface area contributed by atoms with E-state index < -0.39 is 11.9 Å². The Morgan fingerprint density at radius 3 is 2.82 bits per heavy atom. The highest BCUT2D eigenvalue weighted by Crippen LogP contribution is 2.27. The monoisotopic (exact) mass is 251 g/mol. The Labute approximate surface area is 105 Å². The summed E-state index contributed by atoms with van der Waals surface area (Å²) < 4.78 is 2.00. The number of aryl methyl sites for hydroxylation is 1. The third-order valence-electron chi connectivity index (χ3n) is 3.07. The summed E-state index contributed by atoms with van der Waals surface area (Å²) in [6, 6.07) is 7.69. The highest BCUT2D eigenvalue weighted by atomic mass is 35.5. The van der Waals surface area contributed by atoms with Crippen LogP contribution in [0.15, 0.2) is 24.3 Å². The fourth-order valence-electron chi connectivity index (χ4n) is 1.98. The van der Waals surface area contributed by atoms with Crippen LogP contribution in [-0.2, 0) is 18.3 Å². The molecule has 4 heteroatoms. The molecular formula is C13H14ClNO2. The summed E-state index contributed by atoms with van der Waals surface area (Å²) in [7, 11) is 1.93. The maximum absolute atomic E-state index is 10.9. The molecular weight excluding hydrogens is 238 g/mol. The van der Waals surface area contributed by atoms with Crippen molar-refractivity contribution in [2.45, 2.75) is 13.3 Å². The van der Waals surface area contributed by atoms with Crippen molar-refractivity contribution >= 4 is 28.5 Å². The Bertz CT molecular complexity index is 574. The summed E-state index contributed by atoms with van der Waals surface area (Å²) in [6.07, 6.45) is 0.511. The molecule has 17 heavy (non-hydrogen) atoms. The average Bonchev–Trinajstić information content (AvgIpc) is 2.58. The van der Waals surface area contributed by atoms with E-state index in [1.807, 2.05) is 35.9 Å². The molecule has 1 atom stereocenters. The number of hydrogen-bond acceptors (Lipinski definition) is 1. The van der Waals surface area contributed by atoms with Crippen molar-refractivity contribution in [3.05, 3.63) is 35.0 Å². The second kappa shape index (κ2) is 4.41. The molecule has 0 bridgehead atoms. The van der Waals surface area contributed by atoms with Gasteiger partial charge in [-0.25, -0.2) is 0 Å². The molecule has 0 saturated heterocycles. The number of halogens is 1. The normalized spacial score (nSPS) is 12.9. The van der Waals surface area contributed by atoms with Crippen LogP contribution >= 0.6 is 11.6 Å². The van der Waals surface area contributed by atoms with Gasteiger partial charge in [0.1, 0.15) is 0 Å². The Morgan fingerprint density at radius 1 is 1.53 bits per heavy atom. The van der Waals surface area contributed by atoms with Gasteiger partial charge >= 0.3 is 5.97 Å². The van der Waals surface area contributed by atoms with E-state index in [-0.39, 0.29) is 0 Å². The van der Waals surface area contributed by atoms with Gasteiger partial charge in [0.05, 0.1) is 5.92 Å². The molecule has 1 aromatic carbocycles. The van der Waals surface area contributed by atoms with Crippen molar-refractivity contribution in [1.29, 1.82) is 0 Å². The van der Waals surface area contributed by atoms with Gasteiger partial charge in [-0.1, -0.05) is 24.6 Å². The molecule has 1 unspecified atom stereocenters. The summed E-state index contributed by atoms with van der Waals surface area (Å²) in [6.45, 7) is 1.71. The first kappa shape index (κ1) is 12.0. The highest BCUT2D eigenvalue weighted by Gasteiger charge is 2.15. The van der Waals surface area contributed by atoms with Crippen LogP contribution in [0.4, 0.5) is 0 Å². The third kappa shape index (κ3) is 2.15. The lowest BCUT2D eigenvalue weighted by Gasteiger charge is -2.07. The summed E-state index contributed by atoms with van der Waals surface area (Å²) in [5.41, 5.74) is 2.02. The van der Waals surface area contributed by atoms with Crippen molar-refractivity contribution in [1.82, 2.24) is 4.57 Å². The molecule has 3 nitrogen and oxygen atoms in total. The highest BCUT2D eigenvalue weighted by molar-refractivity contribution is 6.35. The molecule has 0 radical (unpaired) electrons. The number of fused-ring (bicyclic) bond motifs is 1. The molecule has 2 aromatic rings. The Morgan fingerprint density at radius 2 is 2.24 bits per heavy atom. The zero-order valence-corrected chi connectivity index (χ0v) is 10.5. The first-order valence-electron chi connectivity index (χ1n) is 5.46. The van der Waals surface area contributed by atoms with Gasteiger partial charge in [0, 0.05) is 35.1 Å². The Kier molecular flexibility index (Phi) is 3.11. The van der Waals surface area contributed by atoms with Crippen LogP contribution < -0.4 is 0 Å². The van der Waals surface area contributed by atoms with Crippen LogP contribution in [0.25, 0.3) is 10.9 Å². The molecule has 0 amide bonds. The number of carboxylic acids is 1. The second-order valence-electron chi connectivity index (χ2n) is 4.31. The van der Waals surface area contributed by atoms with Crippen LogP contribution in [0.2, 0.25) is 5.02 Å². The SMILES string of the molecule is CC(Cc1cc2c(Cl)cccc2n1C)C(=O)O. The fourth-order valence-corrected chi connectivity index (χ4v) is 2.20. The minimum absolute atomic E-state index is 0.392. The first-order valence-corrected chi connectivity index (χ1v) is 5.84. The van der Waals surface area contributed by atoms with E-state index in [0.29, 0.717) is 11.4 Å². The molecule has 0 saturated carbocycles. The number of rotatable bonds is 3. The zero-order valence-electron chi connectivity index (χ0n) is 9.77. The van der Waals surface area contributed by atoms with E-state index in [4.69, 9.17) is 16.7 Å². The van der Waals surface area contributed by atoms with E-state index in [2.05, 4.69) is 0 Å². The Balaban J connectivity index is 2.46. The minimum atomic E-state index is -0.777. The number of nitrogens with zero attached hydrogens (tertiary/aromatic N) is 1. The van der Waals surface area contributed by atoms with E-state index >= 15 is 0 Å². The van der Waals surface area contributed by atoms with Gasteiger partial charge in [-0.05, 0) is 18.2 Å². The van der Waals surface area contributed by atoms with Gasteiger partial charge < -0.3 is 9.67 Å². The van der Waals surface area contributed by atoms with E-state index in [1.54, 1.807) is 6.92 Å². The van der Waals surface area contributed by atoms with Crippen LogP contribution in [0.5, 0.6) is 0 Å². The number of benzene rings is 1. The molecule has 0 spiro atoms. The van der Waals surface area contributed by atoms with E-state index in [9.17, 15) is 4.79 Å². The summed E-state index contributed by atoms with van der Waals surface area (Å²) in [4.78, 5) is 10.9. The van der Waals surface area contributed by atoms with Gasteiger partial charge in [-0.2, -0.15) is 0 Å². The van der Waals surface area contributed by atoms with Crippen LogP contribution in [0, 0.1) is 5.92 Å². The van der Waals surface area contributed by atoms with E-state index in [0.717, 1.165) is 16.6 Å². The molecule has 1 heterocycles. The van der Waals surface area contributed by atoms with Crippen LogP contribution in [0.3, 0.4) is 0 Å². The molecule has 1 N–H and O–H groups in total. The van der Waals surface area contributed by atoms with Crippen LogP contribution in [0.1, 0.15) is 12.6 Å². The first-order chi connectivity index (χ1) is 8.00. The molecule has 2 rings (SSSR count). The van der Waals surface area contributed by atoms with E-state index in [1.165, 1.54) is 0 Å². The van der Waals surface area contributed by atoms with Crippen molar-refractivity contribution in [3.8, 4) is 0 Å². The van der Waals surface area contributed by atoms with Gasteiger partial charge in [-0.15, -0.1) is 0 Å². The number of carbonyl (C=O) groups is 1. The van der Waals surface area contributed by atoms with Crippen molar-refractivity contribution in [2.24, 2.45) is 13.0 Å². The number of aromatic nitrogens is 1. The van der Waals surface area contributed by atoms with Crippen LogP contribution in [-0.4, -0.2) is 15.6 Å². The molecule has 0 aliphatic carbocycles. The maximum atomic E-state index is 10.9. The number of aliphatic carboxylic acids is 1. The van der Waals surface area contributed by atoms with Crippen molar-refractivity contribution in [2.75, 3.05) is 0 Å². The van der Waals surface area contributed by atoms with Gasteiger partial charge in [0.25, 0.3) is 0 Å². The maximum Gasteiger partial charge on any atom is 0.306 e. The molecule has 0 aliphatic rings. The number of carboxylic acid groups (broad SMARTS) is 1. The minimum Gasteiger partial charge on any atom is -0.481 e. The molecule has 1 aromatic heterocycles. The standard InChI is InChI=1S/C13H14ClNO2/c1-8(13(16)17)6-9-7-10-11(14)4-3-5-12(10)15(9)2/h3-5,7-8H,6H2,1-2H3,(H,16,17). The smallest absolute Gasteiger partial charge is 0.306 e. The fraction of sp³-hybridized carbons (Fsp3) is 0.308. The quantitative estimate of drug-likeness (QED) is 0.911. The topological polar surface area (TPSA) is 42.2 Å². The Hall–Kier alpha value is -1.48. The number of hydrogen-bond donors (Lipinski definition) is 1. The van der Waals surface area contributed by atoms with Gasteiger partial charge in [-0.3, -0.25) is 4.79 Å². The van der Waals surface area contributed by atoms with Crippen molar-refractivity contribution < 1.29 is 9.90 Å². The van der Waals surface area contributed by atoms with Gasteiger partial charge in [0.15, 0.2) is 0 Å². The lowest BCUT2D eigenvalue weighted by atomic mass is 10.1.